The van der Waals surface area contributed by atoms with E-state index in [0.29, 0.717) is 25.5 Å². The Balaban J connectivity index is 2.08. The van der Waals surface area contributed by atoms with Crippen LogP contribution in [0.5, 0.6) is 0 Å². The van der Waals surface area contributed by atoms with E-state index in [0.717, 1.165) is 0 Å². The summed E-state index contributed by atoms with van der Waals surface area (Å²) in [6.45, 7) is 11.7. The highest BCUT2D eigenvalue weighted by Gasteiger charge is 2.36. The first-order valence-corrected chi connectivity index (χ1v) is 7.46. The second kappa shape index (κ2) is 5.92. The van der Waals surface area contributed by atoms with Gasteiger partial charge in [-0.15, -0.1) is 10.2 Å². The molecule has 1 fully saturated rings. The van der Waals surface area contributed by atoms with Gasteiger partial charge in [0.05, 0.1) is 31.2 Å². The van der Waals surface area contributed by atoms with Crippen LogP contribution in [0.25, 0.3) is 0 Å². The number of carboxylic acid groups (broad SMARTS) is 1. The molecule has 22 heavy (non-hydrogen) atoms. The molecule has 8 heteroatoms. The molecule has 8 nitrogen and oxygen atoms in total. The molecule has 124 valence electrons. The number of hydrogen-bond acceptors (Lipinski definition) is 6. The molecule has 0 radical (unpaired) electrons. The standard InChI is InChI=1S/C14H25N5O3/c1-13(2,3)19-16-11(15-17-19)8-18-7-10(6-12(20)21)22-9-14(18,4)5/h10H,6-9H2,1-5H3,(H,20,21). The summed E-state index contributed by atoms with van der Waals surface area (Å²) in [5, 5.41) is 21.6. The quantitative estimate of drug-likeness (QED) is 0.882. The summed E-state index contributed by atoms with van der Waals surface area (Å²) in [6, 6.07) is 0. The maximum absolute atomic E-state index is 10.9. The summed E-state index contributed by atoms with van der Waals surface area (Å²) in [5.41, 5.74) is -0.403. The normalized spacial score (nSPS) is 22.7. The first-order valence-electron chi connectivity index (χ1n) is 7.46. The number of tetrazole rings is 1. The molecule has 1 aromatic heterocycles. The predicted molar refractivity (Wildman–Crippen MR) is 79.3 cm³/mol. The average Bonchev–Trinajstić information content (AvgIpc) is 2.81. The SMILES string of the molecule is CC1(C)COC(CC(=O)O)CN1Cc1nnn(C(C)(C)C)n1. The van der Waals surface area contributed by atoms with Gasteiger partial charge in [0.15, 0.2) is 5.82 Å². The Morgan fingerprint density at radius 3 is 2.68 bits per heavy atom. The molecule has 0 aliphatic carbocycles. The lowest BCUT2D eigenvalue weighted by molar-refractivity contribution is -0.147. The molecule has 2 heterocycles. The van der Waals surface area contributed by atoms with Gasteiger partial charge in [-0.2, -0.15) is 4.80 Å². The third-order valence-electron chi connectivity index (χ3n) is 3.74. The van der Waals surface area contributed by atoms with Crippen molar-refractivity contribution in [1.29, 1.82) is 0 Å². The molecule has 0 saturated carbocycles. The molecular formula is C14H25N5O3. The zero-order valence-electron chi connectivity index (χ0n) is 13.9. The molecule has 1 aliphatic rings. The smallest absolute Gasteiger partial charge is 0.306 e. The molecule has 1 unspecified atom stereocenters. The van der Waals surface area contributed by atoms with Crippen molar-refractivity contribution in [3.63, 3.8) is 0 Å². The Labute approximate surface area is 130 Å². The van der Waals surface area contributed by atoms with Crippen LogP contribution in [0, 0.1) is 0 Å². The number of aromatic nitrogens is 4. The van der Waals surface area contributed by atoms with Crippen LogP contribution in [0.1, 0.15) is 46.9 Å². The van der Waals surface area contributed by atoms with Crippen molar-refractivity contribution in [1.82, 2.24) is 25.1 Å². The molecular weight excluding hydrogens is 286 g/mol. The van der Waals surface area contributed by atoms with Crippen LogP contribution in [0.2, 0.25) is 0 Å². The van der Waals surface area contributed by atoms with E-state index < -0.39 is 5.97 Å². The van der Waals surface area contributed by atoms with E-state index in [1.165, 1.54) is 0 Å². The summed E-state index contributed by atoms with van der Waals surface area (Å²) >= 11 is 0. The molecule has 1 atom stereocenters. The van der Waals surface area contributed by atoms with Gasteiger partial charge in [0.25, 0.3) is 0 Å². The molecule has 0 bridgehead atoms. The number of carboxylic acids is 1. The monoisotopic (exact) mass is 311 g/mol. The van der Waals surface area contributed by atoms with Crippen molar-refractivity contribution in [2.24, 2.45) is 0 Å². The van der Waals surface area contributed by atoms with Crippen molar-refractivity contribution in [2.45, 2.75) is 64.8 Å². The third kappa shape index (κ3) is 4.01. The third-order valence-corrected chi connectivity index (χ3v) is 3.74. The lowest BCUT2D eigenvalue weighted by atomic mass is 10.00. The fraction of sp³-hybridized carbons (Fsp3) is 0.857. The highest BCUT2D eigenvalue weighted by Crippen LogP contribution is 2.24. The summed E-state index contributed by atoms with van der Waals surface area (Å²) < 4.78 is 5.65. The number of nitrogens with zero attached hydrogens (tertiary/aromatic N) is 5. The van der Waals surface area contributed by atoms with Gasteiger partial charge < -0.3 is 9.84 Å². The Morgan fingerprint density at radius 1 is 1.45 bits per heavy atom. The highest BCUT2D eigenvalue weighted by atomic mass is 16.5. The number of morpholine rings is 1. The Kier molecular flexibility index (Phi) is 4.53. The number of hydrogen-bond donors (Lipinski definition) is 1. The van der Waals surface area contributed by atoms with Crippen molar-refractivity contribution in [3.05, 3.63) is 5.82 Å². The van der Waals surface area contributed by atoms with E-state index in [2.05, 4.69) is 34.2 Å². The second-order valence-corrected chi connectivity index (χ2v) is 7.39. The summed E-state index contributed by atoms with van der Waals surface area (Å²) in [6.07, 6.45) is -0.294. The molecule has 1 aliphatic heterocycles. The first-order chi connectivity index (χ1) is 10.1. The largest absolute Gasteiger partial charge is 0.481 e. The zero-order valence-corrected chi connectivity index (χ0v) is 13.9. The maximum Gasteiger partial charge on any atom is 0.306 e. The van der Waals surface area contributed by atoms with Crippen molar-refractivity contribution < 1.29 is 14.6 Å². The van der Waals surface area contributed by atoms with Crippen molar-refractivity contribution >= 4 is 5.97 Å². The van der Waals surface area contributed by atoms with Gasteiger partial charge in [-0.25, -0.2) is 0 Å². The van der Waals surface area contributed by atoms with Crippen LogP contribution >= 0.6 is 0 Å². The maximum atomic E-state index is 10.9. The van der Waals surface area contributed by atoms with Gasteiger partial charge in [0.1, 0.15) is 0 Å². The number of carbonyl (C=O) groups is 1. The fourth-order valence-electron chi connectivity index (χ4n) is 2.32. The molecule has 1 saturated heterocycles. The predicted octanol–water partition coefficient (Wildman–Crippen LogP) is 0.882. The lowest BCUT2D eigenvalue weighted by Crippen LogP contribution is -2.56. The van der Waals surface area contributed by atoms with E-state index >= 15 is 0 Å². The molecule has 0 aromatic carbocycles. The highest BCUT2D eigenvalue weighted by molar-refractivity contribution is 5.67. The van der Waals surface area contributed by atoms with Gasteiger partial charge in [0, 0.05) is 12.1 Å². The molecule has 2 rings (SSSR count). The topological polar surface area (TPSA) is 93.4 Å². The number of ether oxygens (including phenoxy) is 1. The van der Waals surface area contributed by atoms with Crippen LogP contribution in [0.4, 0.5) is 0 Å². The summed E-state index contributed by atoms with van der Waals surface area (Å²) in [5.74, 6) is -0.208. The minimum Gasteiger partial charge on any atom is -0.481 e. The molecule has 1 N–H and O–H groups in total. The van der Waals surface area contributed by atoms with E-state index in [9.17, 15) is 4.79 Å². The minimum atomic E-state index is -0.846. The van der Waals surface area contributed by atoms with Crippen LogP contribution in [-0.2, 0) is 21.6 Å². The lowest BCUT2D eigenvalue weighted by Gasteiger charge is -2.44. The first kappa shape index (κ1) is 16.8. The fourth-order valence-corrected chi connectivity index (χ4v) is 2.32. The summed E-state index contributed by atoms with van der Waals surface area (Å²) in [7, 11) is 0. The van der Waals surface area contributed by atoms with E-state index in [1.807, 2.05) is 20.8 Å². The van der Waals surface area contributed by atoms with Gasteiger partial charge in [-0.3, -0.25) is 9.69 Å². The van der Waals surface area contributed by atoms with E-state index in [1.54, 1.807) is 4.80 Å². The molecule has 0 amide bonds. The molecule has 1 aromatic rings. The van der Waals surface area contributed by atoms with Crippen LogP contribution < -0.4 is 0 Å². The van der Waals surface area contributed by atoms with Gasteiger partial charge >= 0.3 is 5.97 Å². The van der Waals surface area contributed by atoms with Crippen LogP contribution in [0.3, 0.4) is 0 Å². The zero-order chi connectivity index (χ0) is 16.5. The Morgan fingerprint density at radius 2 is 2.14 bits per heavy atom. The van der Waals surface area contributed by atoms with Gasteiger partial charge in [-0.1, -0.05) is 0 Å². The average molecular weight is 311 g/mol. The van der Waals surface area contributed by atoms with Gasteiger partial charge in [0.2, 0.25) is 0 Å². The van der Waals surface area contributed by atoms with E-state index in [4.69, 9.17) is 9.84 Å². The van der Waals surface area contributed by atoms with Crippen LogP contribution in [0.15, 0.2) is 0 Å². The Hall–Kier alpha value is -1.54. The van der Waals surface area contributed by atoms with Gasteiger partial charge in [-0.05, 0) is 39.8 Å². The number of aliphatic carboxylic acids is 1. The molecule has 0 spiro atoms. The van der Waals surface area contributed by atoms with Crippen LogP contribution in [-0.4, -0.2) is 61.0 Å². The number of rotatable bonds is 4. The Bertz CT molecular complexity index is 535. The summed E-state index contributed by atoms with van der Waals surface area (Å²) in [4.78, 5) is 14.6. The van der Waals surface area contributed by atoms with E-state index in [-0.39, 0.29) is 23.6 Å². The second-order valence-electron chi connectivity index (χ2n) is 7.39. The minimum absolute atomic E-state index is 0.00862. The van der Waals surface area contributed by atoms with Crippen molar-refractivity contribution in [3.8, 4) is 0 Å². The van der Waals surface area contributed by atoms with Crippen molar-refractivity contribution in [2.75, 3.05) is 13.2 Å².